The number of fused-ring (bicyclic) bond motifs is 2. The molecule has 0 radical (unpaired) electrons. The second-order valence-corrected chi connectivity index (χ2v) is 9.80. The SMILES string of the molecule is COc1ccc2c(c1)CC1(CCN(c3nc(C)c(-c4cnn(C)c4Cl)n4nccc34)CC1)C2. The summed E-state index contributed by atoms with van der Waals surface area (Å²) in [6, 6.07) is 8.60. The Bertz CT molecular complexity index is 1360. The van der Waals surface area contributed by atoms with Gasteiger partial charge in [0.05, 0.1) is 36.5 Å². The molecule has 7 nitrogen and oxygen atoms in total. The van der Waals surface area contributed by atoms with Crippen LogP contribution < -0.4 is 9.64 Å². The molecule has 33 heavy (non-hydrogen) atoms. The number of hydrogen-bond acceptors (Lipinski definition) is 5. The van der Waals surface area contributed by atoms with Crippen molar-refractivity contribution in [3.8, 4) is 17.0 Å². The highest BCUT2D eigenvalue weighted by Crippen LogP contribution is 2.46. The van der Waals surface area contributed by atoms with Crippen LogP contribution in [0.5, 0.6) is 5.75 Å². The van der Waals surface area contributed by atoms with E-state index in [0.29, 0.717) is 10.6 Å². The van der Waals surface area contributed by atoms with E-state index in [1.165, 1.54) is 11.1 Å². The summed E-state index contributed by atoms with van der Waals surface area (Å²) < 4.78 is 9.07. The summed E-state index contributed by atoms with van der Waals surface area (Å²) in [6.07, 6.45) is 8.22. The third kappa shape index (κ3) is 3.21. The van der Waals surface area contributed by atoms with Gasteiger partial charge in [-0.15, -0.1) is 0 Å². The zero-order valence-electron chi connectivity index (χ0n) is 19.2. The average molecular weight is 463 g/mol. The summed E-state index contributed by atoms with van der Waals surface area (Å²) in [5.41, 5.74) is 6.93. The van der Waals surface area contributed by atoms with Crippen LogP contribution in [0.1, 0.15) is 29.7 Å². The molecule has 1 spiro atoms. The minimum absolute atomic E-state index is 0.347. The molecule has 1 aliphatic carbocycles. The molecule has 0 bridgehead atoms. The van der Waals surface area contributed by atoms with Crippen molar-refractivity contribution in [1.82, 2.24) is 24.4 Å². The van der Waals surface area contributed by atoms with Gasteiger partial charge in [0.2, 0.25) is 0 Å². The quantitative estimate of drug-likeness (QED) is 0.449. The van der Waals surface area contributed by atoms with Crippen LogP contribution in [0.15, 0.2) is 36.7 Å². The van der Waals surface area contributed by atoms with Gasteiger partial charge in [0.1, 0.15) is 16.4 Å². The van der Waals surface area contributed by atoms with Crippen LogP contribution in [0.2, 0.25) is 5.15 Å². The van der Waals surface area contributed by atoms with Crippen molar-refractivity contribution >= 4 is 22.9 Å². The van der Waals surface area contributed by atoms with Gasteiger partial charge in [0.15, 0.2) is 5.82 Å². The second-order valence-electron chi connectivity index (χ2n) is 9.45. The van der Waals surface area contributed by atoms with Crippen molar-refractivity contribution < 1.29 is 4.74 Å². The van der Waals surface area contributed by atoms with Crippen molar-refractivity contribution in [2.24, 2.45) is 12.5 Å². The number of ether oxygens (including phenoxy) is 1. The van der Waals surface area contributed by atoms with Gasteiger partial charge in [-0.05, 0) is 67.3 Å². The molecule has 2 aliphatic rings. The van der Waals surface area contributed by atoms with Gasteiger partial charge < -0.3 is 9.64 Å². The minimum Gasteiger partial charge on any atom is -0.497 e. The van der Waals surface area contributed by atoms with Crippen LogP contribution in [0, 0.1) is 12.3 Å². The van der Waals surface area contributed by atoms with Crippen molar-refractivity contribution in [2.75, 3.05) is 25.1 Å². The Hall–Kier alpha value is -3.06. The Morgan fingerprint density at radius 1 is 1.06 bits per heavy atom. The average Bonchev–Trinajstić information content (AvgIpc) is 3.52. The number of methoxy groups -OCH3 is 1. The molecule has 0 amide bonds. The minimum atomic E-state index is 0.347. The van der Waals surface area contributed by atoms with E-state index in [2.05, 4.69) is 33.3 Å². The molecule has 170 valence electrons. The summed E-state index contributed by atoms with van der Waals surface area (Å²) in [7, 11) is 3.58. The van der Waals surface area contributed by atoms with Crippen LogP contribution in [-0.2, 0) is 19.9 Å². The summed E-state index contributed by atoms with van der Waals surface area (Å²) in [6.45, 7) is 4.01. The number of hydrogen-bond donors (Lipinski definition) is 0. The molecule has 0 N–H and O–H groups in total. The lowest BCUT2D eigenvalue weighted by molar-refractivity contribution is 0.232. The third-order valence-corrected chi connectivity index (χ3v) is 7.94. The molecule has 0 saturated carbocycles. The number of anilines is 1. The normalized spacial score (nSPS) is 17.2. The van der Waals surface area contributed by atoms with E-state index in [1.54, 1.807) is 18.0 Å². The number of benzene rings is 1. The van der Waals surface area contributed by atoms with Gasteiger partial charge in [0, 0.05) is 20.1 Å². The van der Waals surface area contributed by atoms with Crippen molar-refractivity contribution in [1.29, 1.82) is 0 Å². The van der Waals surface area contributed by atoms with E-state index in [-0.39, 0.29) is 0 Å². The molecule has 1 aromatic carbocycles. The van der Waals surface area contributed by atoms with Crippen LogP contribution in [0.25, 0.3) is 16.8 Å². The molecule has 6 rings (SSSR count). The van der Waals surface area contributed by atoms with Gasteiger partial charge in [-0.25, -0.2) is 9.50 Å². The zero-order valence-corrected chi connectivity index (χ0v) is 19.9. The van der Waals surface area contributed by atoms with Crippen LogP contribution in [0.4, 0.5) is 5.82 Å². The first-order valence-electron chi connectivity index (χ1n) is 11.4. The number of halogens is 1. The second kappa shape index (κ2) is 7.48. The molecule has 8 heteroatoms. The molecule has 0 unspecified atom stereocenters. The number of nitrogens with zero attached hydrogens (tertiary/aromatic N) is 6. The first-order valence-corrected chi connectivity index (χ1v) is 11.8. The van der Waals surface area contributed by atoms with Crippen molar-refractivity contribution in [3.63, 3.8) is 0 Å². The number of piperidine rings is 1. The van der Waals surface area contributed by atoms with Crippen LogP contribution in [-0.4, -0.2) is 44.6 Å². The lowest BCUT2D eigenvalue weighted by Crippen LogP contribution is -2.41. The Balaban J connectivity index is 1.29. The molecule has 1 aliphatic heterocycles. The van der Waals surface area contributed by atoms with Crippen molar-refractivity contribution in [3.05, 3.63) is 58.6 Å². The fourth-order valence-corrected chi connectivity index (χ4v) is 5.86. The summed E-state index contributed by atoms with van der Waals surface area (Å²) >= 11 is 6.51. The smallest absolute Gasteiger partial charge is 0.155 e. The molecule has 3 aromatic heterocycles. The molecular formula is C25H27ClN6O. The predicted octanol–water partition coefficient (Wildman–Crippen LogP) is 4.49. The van der Waals surface area contributed by atoms with E-state index in [9.17, 15) is 0 Å². The summed E-state index contributed by atoms with van der Waals surface area (Å²) in [4.78, 5) is 7.48. The lowest BCUT2D eigenvalue weighted by atomic mass is 9.76. The van der Waals surface area contributed by atoms with E-state index >= 15 is 0 Å². The highest BCUT2D eigenvalue weighted by molar-refractivity contribution is 6.32. The molecular weight excluding hydrogens is 436 g/mol. The summed E-state index contributed by atoms with van der Waals surface area (Å²) in [5.74, 6) is 1.96. The Morgan fingerprint density at radius 2 is 1.85 bits per heavy atom. The highest BCUT2D eigenvalue weighted by atomic mass is 35.5. The van der Waals surface area contributed by atoms with Gasteiger partial charge in [-0.2, -0.15) is 10.2 Å². The molecule has 4 aromatic rings. The lowest BCUT2D eigenvalue weighted by Gasteiger charge is -2.40. The first-order chi connectivity index (χ1) is 16.0. The highest BCUT2D eigenvalue weighted by Gasteiger charge is 2.40. The van der Waals surface area contributed by atoms with Crippen LogP contribution >= 0.6 is 11.6 Å². The summed E-state index contributed by atoms with van der Waals surface area (Å²) in [5, 5.41) is 9.51. The standard InChI is InChI=1S/C25H27ClN6O/c1-16-22(20-15-28-30(2)23(20)26)32-21(6-9-27-32)24(29-16)31-10-7-25(8-11-31)13-17-4-5-19(33-3)12-18(17)14-25/h4-6,9,12,15H,7-8,10-11,13-14H2,1-3H3. The Labute approximate surface area is 197 Å². The number of aryl methyl sites for hydroxylation is 2. The zero-order chi connectivity index (χ0) is 22.7. The fraction of sp³-hybridized carbons (Fsp3) is 0.400. The number of rotatable bonds is 3. The maximum Gasteiger partial charge on any atom is 0.155 e. The number of aromatic nitrogens is 5. The monoisotopic (exact) mass is 462 g/mol. The largest absolute Gasteiger partial charge is 0.497 e. The van der Waals surface area contributed by atoms with Crippen molar-refractivity contribution in [2.45, 2.75) is 32.6 Å². The maximum absolute atomic E-state index is 6.51. The Kier molecular flexibility index (Phi) is 4.66. The van der Waals surface area contributed by atoms with Gasteiger partial charge >= 0.3 is 0 Å². The van der Waals surface area contributed by atoms with Gasteiger partial charge in [0.25, 0.3) is 0 Å². The fourth-order valence-electron chi connectivity index (χ4n) is 5.68. The Morgan fingerprint density at radius 3 is 2.58 bits per heavy atom. The van der Waals surface area contributed by atoms with E-state index in [4.69, 9.17) is 21.3 Å². The predicted molar refractivity (Wildman–Crippen MR) is 129 cm³/mol. The molecule has 0 atom stereocenters. The topological polar surface area (TPSA) is 60.5 Å². The van der Waals surface area contributed by atoms with E-state index in [1.807, 2.05) is 30.8 Å². The van der Waals surface area contributed by atoms with Gasteiger partial charge in [-0.1, -0.05) is 17.7 Å². The van der Waals surface area contributed by atoms with Crippen LogP contribution in [0.3, 0.4) is 0 Å². The molecule has 4 heterocycles. The molecule has 1 saturated heterocycles. The van der Waals surface area contributed by atoms with Gasteiger partial charge in [-0.3, -0.25) is 4.68 Å². The third-order valence-electron chi connectivity index (χ3n) is 7.49. The molecule has 1 fully saturated rings. The first kappa shape index (κ1) is 20.5. The van der Waals surface area contributed by atoms with E-state index in [0.717, 1.165) is 72.8 Å². The van der Waals surface area contributed by atoms with E-state index < -0.39 is 0 Å². The maximum atomic E-state index is 6.51.